The van der Waals surface area contributed by atoms with E-state index in [0.717, 1.165) is 19.3 Å². The summed E-state index contributed by atoms with van der Waals surface area (Å²) in [7, 11) is 3.32. The van der Waals surface area contributed by atoms with Crippen LogP contribution in [0.4, 0.5) is 0 Å². The van der Waals surface area contributed by atoms with Crippen molar-refractivity contribution in [2.75, 3.05) is 14.2 Å². The summed E-state index contributed by atoms with van der Waals surface area (Å²) in [5.41, 5.74) is 5.88. The monoisotopic (exact) mass is 159 g/mol. The number of rotatable bonds is 2. The van der Waals surface area contributed by atoms with Crippen molar-refractivity contribution in [2.24, 2.45) is 5.73 Å². The van der Waals surface area contributed by atoms with E-state index in [-0.39, 0.29) is 6.04 Å². The molecule has 0 radical (unpaired) electrons. The lowest BCUT2D eigenvalue weighted by Gasteiger charge is -2.39. The number of nitrogens with two attached hydrogens (primary N) is 1. The van der Waals surface area contributed by atoms with Gasteiger partial charge in [0.05, 0.1) is 6.04 Å². The van der Waals surface area contributed by atoms with Gasteiger partial charge in [-0.05, 0) is 12.8 Å². The highest BCUT2D eigenvalue weighted by atomic mass is 16.7. The summed E-state index contributed by atoms with van der Waals surface area (Å²) in [6, 6.07) is 0.0336. The smallest absolute Gasteiger partial charge is 0.182 e. The van der Waals surface area contributed by atoms with E-state index in [1.165, 1.54) is 6.42 Å². The van der Waals surface area contributed by atoms with Gasteiger partial charge >= 0.3 is 0 Å². The van der Waals surface area contributed by atoms with E-state index in [1.807, 2.05) is 0 Å². The van der Waals surface area contributed by atoms with E-state index in [1.54, 1.807) is 14.2 Å². The molecule has 0 aliphatic heterocycles. The van der Waals surface area contributed by atoms with Gasteiger partial charge in [0.25, 0.3) is 0 Å². The standard InChI is InChI=1S/C8H17NO2/c1-10-8(11-2)6-4-3-5-7(8)9/h7H,3-6,9H2,1-2H3. The van der Waals surface area contributed by atoms with Crippen molar-refractivity contribution in [3.63, 3.8) is 0 Å². The Morgan fingerprint density at radius 1 is 1.27 bits per heavy atom. The van der Waals surface area contributed by atoms with E-state index in [4.69, 9.17) is 15.2 Å². The molecular formula is C8H17NO2. The largest absolute Gasteiger partial charge is 0.352 e. The second-order valence-corrected chi connectivity index (χ2v) is 3.07. The SMILES string of the molecule is COC1(OC)CCCCC1N. The molecule has 0 aromatic heterocycles. The first-order chi connectivity index (χ1) is 5.25. The molecular weight excluding hydrogens is 142 g/mol. The van der Waals surface area contributed by atoms with Crippen molar-refractivity contribution in [1.29, 1.82) is 0 Å². The molecule has 3 heteroatoms. The molecule has 0 bridgehead atoms. The summed E-state index contributed by atoms with van der Waals surface area (Å²) in [6.07, 6.45) is 4.26. The predicted molar refractivity (Wildman–Crippen MR) is 43.2 cm³/mol. The molecule has 1 atom stereocenters. The minimum absolute atomic E-state index is 0.0336. The van der Waals surface area contributed by atoms with Gasteiger partial charge in [0.1, 0.15) is 0 Å². The van der Waals surface area contributed by atoms with Crippen molar-refractivity contribution >= 4 is 0 Å². The fourth-order valence-electron chi connectivity index (χ4n) is 1.73. The van der Waals surface area contributed by atoms with Crippen LogP contribution in [-0.4, -0.2) is 26.0 Å². The van der Waals surface area contributed by atoms with Crippen molar-refractivity contribution in [2.45, 2.75) is 37.5 Å². The molecule has 0 saturated heterocycles. The molecule has 11 heavy (non-hydrogen) atoms. The summed E-state index contributed by atoms with van der Waals surface area (Å²) in [5, 5.41) is 0. The van der Waals surface area contributed by atoms with Crippen LogP contribution in [-0.2, 0) is 9.47 Å². The molecule has 1 aliphatic carbocycles. The lowest BCUT2D eigenvalue weighted by atomic mass is 9.89. The maximum Gasteiger partial charge on any atom is 0.182 e. The Morgan fingerprint density at radius 3 is 2.27 bits per heavy atom. The lowest BCUT2D eigenvalue weighted by Crippen LogP contribution is -2.52. The average molecular weight is 159 g/mol. The molecule has 1 rings (SSSR count). The molecule has 3 nitrogen and oxygen atoms in total. The number of methoxy groups -OCH3 is 2. The number of hydrogen-bond donors (Lipinski definition) is 1. The van der Waals surface area contributed by atoms with Gasteiger partial charge < -0.3 is 15.2 Å². The Kier molecular flexibility index (Phi) is 2.87. The van der Waals surface area contributed by atoms with Gasteiger partial charge in [-0.15, -0.1) is 0 Å². The molecule has 0 aromatic rings. The van der Waals surface area contributed by atoms with Gasteiger partial charge in [0, 0.05) is 20.6 Å². The highest BCUT2D eigenvalue weighted by Gasteiger charge is 2.38. The number of hydrogen-bond acceptors (Lipinski definition) is 3. The van der Waals surface area contributed by atoms with Crippen molar-refractivity contribution < 1.29 is 9.47 Å². The summed E-state index contributed by atoms with van der Waals surface area (Å²) >= 11 is 0. The summed E-state index contributed by atoms with van der Waals surface area (Å²) in [4.78, 5) is 0. The first-order valence-corrected chi connectivity index (χ1v) is 4.11. The molecule has 0 spiro atoms. The normalized spacial score (nSPS) is 30.3. The van der Waals surface area contributed by atoms with Gasteiger partial charge in [-0.3, -0.25) is 0 Å². The lowest BCUT2D eigenvalue weighted by molar-refractivity contribution is -0.232. The topological polar surface area (TPSA) is 44.5 Å². The van der Waals surface area contributed by atoms with Crippen molar-refractivity contribution in [1.82, 2.24) is 0 Å². The van der Waals surface area contributed by atoms with E-state index in [9.17, 15) is 0 Å². The van der Waals surface area contributed by atoms with Gasteiger partial charge in [0.2, 0.25) is 0 Å². The highest BCUT2D eigenvalue weighted by molar-refractivity contribution is 4.86. The average Bonchev–Trinajstić information content (AvgIpc) is 2.06. The molecule has 0 amide bonds. The minimum atomic E-state index is -0.502. The van der Waals surface area contributed by atoms with Crippen LogP contribution < -0.4 is 5.73 Å². The first kappa shape index (κ1) is 8.97. The molecule has 0 heterocycles. The summed E-state index contributed by atoms with van der Waals surface area (Å²) < 4.78 is 10.6. The fraction of sp³-hybridized carbons (Fsp3) is 1.00. The predicted octanol–water partition coefficient (Wildman–Crippen LogP) is 0.877. The highest BCUT2D eigenvalue weighted by Crippen LogP contribution is 2.30. The van der Waals surface area contributed by atoms with Crippen LogP contribution in [0.15, 0.2) is 0 Å². The fourth-order valence-corrected chi connectivity index (χ4v) is 1.73. The van der Waals surface area contributed by atoms with Crippen LogP contribution in [0.1, 0.15) is 25.7 Å². The van der Waals surface area contributed by atoms with Gasteiger partial charge in [-0.2, -0.15) is 0 Å². The maximum absolute atomic E-state index is 5.88. The van der Waals surface area contributed by atoms with Gasteiger partial charge in [-0.25, -0.2) is 0 Å². The van der Waals surface area contributed by atoms with Crippen LogP contribution in [0, 0.1) is 0 Å². The second-order valence-electron chi connectivity index (χ2n) is 3.07. The van der Waals surface area contributed by atoms with E-state index >= 15 is 0 Å². The van der Waals surface area contributed by atoms with E-state index in [0.29, 0.717) is 0 Å². The zero-order valence-corrected chi connectivity index (χ0v) is 7.30. The van der Waals surface area contributed by atoms with Crippen LogP contribution in [0.2, 0.25) is 0 Å². The zero-order chi connectivity index (χ0) is 8.32. The quantitative estimate of drug-likeness (QED) is 0.608. The van der Waals surface area contributed by atoms with Gasteiger partial charge in [0.15, 0.2) is 5.79 Å². The summed E-state index contributed by atoms with van der Waals surface area (Å²) in [6.45, 7) is 0. The number of ether oxygens (including phenoxy) is 2. The zero-order valence-electron chi connectivity index (χ0n) is 7.30. The molecule has 1 saturated carbocycles. The van der Waals surface area contributed by atoms with E-state index in [2.05, 4.69) is 0 Å². The molecule has 1 unspecified atom stereocenters. The Hall–Kier alpha value is -0.120. The van der Waals surface area contributed by atoms with Crippen molar-refractivity contribution in [3.05, 3.63) is 0 Å². The second kappa shape index (κ2) is 3.52. The van der Waals surface area contributed by atoms with Gasteiger partial charge in [-0.1, -0.05) is 6.42 Å². The molecule has 66 valence electrons. The van der Waals surface area contributed by atoms with Crippen LogP contribution in [0.25, 0.3) is 0 Å². The summed E-state index contributed by atoms with van der Waals surface area (Å²) in [5.74, 6) is -0.502. The van der Waals surface area contributed by atoms with Crippen LogP contribution in [0.3, 0.4) is 0 Å². The third kappa shape index (κ3) is 1.55. The Balaban J connectivity index is 2.61. The molecule has 2 N–H and O–H groups in total. The third-order valence-corrected chi connectivity index (χ3v) is 2.55. The molecule has 0 aromatic carbocycles. The minimum Gasteiger partial charge on any atom is -0.352 e. The Labute approximate surface area is 67.9 Å². The van der Waals surface area contributed by atoms with Crippen molar-refractivity contribution in [3.8, 4) is 0 Å². The van der Waals surface area contributed by atoms with E-state index < -0.39 is 5.79 Å². The van der Waals surface area contributed by atoms with Crippen LogP contribution >= 0.6 is 0 Å². The first-order valence-electron chi connectivity index (χ1n) is 4.11. The Bertz CT molecular complexity index is 123. The Morgan fingerprint density at radius 2 is 1.91 bits per heavy atom. The van der Waals surface area contributed by atoms with Crippen LogP contribution in [0.5, 0.6) is 0 Å². The maximum atomic E-state index is 5.88. The third-order valence-electron chi connectivity index (χ3n) is 2.55. The molecule has 1 fully saturated rings. The molecule has 1 aliphatic rings.